The van der Waals surface area contributed by atoms with Gasteiger partial charge >= 0.3 is 0 Å². The van der Waals surface area contributed by atoms with E-state index in [2.05, 4.69) is 73.6 Å². The third kappa shape index (κ3) is 3.87. The van der Waals surface area contributed by atoms with Crippen LogP contribution in [-0.2, 0) is 0 Å². The van der Waals surface area contributed by atoms with E-state index < -0.39 is 0 Å². The Kier molecular flexibility index (Phi) is 5.57. The molecule has 7 heteroatoms. The van der Waals surface area contributed by atoms with Crippen LogP contribution in [0.3, 0.4) is 0 Å². The summed E-state index contributed by atoms with van der Waals surface area (Å²) < 4.78 is 1.89. The molecule has 0 N–H and O–H groups in total. The molecule has 0 spiro atoms. The molecule has 1 unspecified atom stereocenters. The van der Waals surface area contributed by atoms with Gasteiger partial charge in [-0.25, -0.2) is 14.6 Å². The molecule has 2 aromatic carbocycles. The van der Waals surface area contributed by atoms with Crippen molar-refractivity contribution in [1.82, 2.24) is 24.6 Å². The molecule has 6 rings (SSSR count). The van der Waals surface area contributed by atoms with Crippen LogP contribution in [0.4, 0.5) is 5.82 Å². The fourth-order valence-corrected chi connectivity index (χ4v) is 5.67. The number of hydrogen-bond acceptors (Lipinski definition) is 6. The number of anilines is 1. The predicted octanol–water partition coefficient (Wildman–Crippen LogP) is 5.10. The quantitative estimate of drug-likeness (QED) is 0.361. The molecule has 1 fully saturated rings. The number of aromatic nitrogens is 4. The van der Waals surface area contributed by atoms with Crippen LogP contribution >= 0.6 is 11.3 Å². The number of nitrogens with zero attached hydrogens (tertiary/aromatic N) is 6. The van der Waals surface area contributed by atoms with Gasteiger partial charge in [-0.2, -0.15) is 5.10 Å². The maximum Gasteiger partial charge on any atom is 0.168 e. The molecule has 5 aromatic rings. The average molecular weight is 467 g/mol. The summed E-state index contributed by atoms with van der Waals surface area (Å²) in [5.74, 6) is 0.967. The van der Waals surface area contributed by atoms with Crippen molar-refractivity contribution in [3.8, 4) is 5.69 Å². The van der Waals surface area contributed by atoms with Gasteiger partial charge in [-0.3, -0.25) is 4.90 Å². The lowest BCUT2D eigenvalue weighted by molar-refractivity contribution is 0.214. The average Bonchev–Trinajstić information content (AvgIpc) is 3.57. The number of aryl methyl sites for hydroxylation is 1. The summed E-state index contributed by atoms with van der Waals surface area (Å²) in [6.07, 6.45) is 3.55. The fourth-order valence-electron chi connectivity index (χ4n) is 4.78. The Hall–Kier alpha value is -3.55. The van der Waals surface area contributed by atoms with Gasteiger partial charge < -0.3 is 4.90 Å². The molecule has 6 nitrogen and oxygen atoms in total. The van der Waals surface area contributed by atoms with E-state index in [9.17, 15) is 0 Å². The lowest BCUT2D eigenvalue weighted by Gasteiger charge is -2.39. The van der Waals surface area contributed by atoms with Gasteiger partial charge in [0.1, 0.15) is 12.1 Å². The van der Waals surface area contributed by atoms with E-state index >= 15 is 0 Å². The van der Waals surface area contributed by atoms with Crippen LogP contribution in [0.25, 0.3) is 16.7 Å². The van der Waals surface area contributed by atoms with Crippen molar-refractivity contribution in [3.05, 3.63) is 101 Å². The summed E-state index contributed by atoms with van der Waals surface area (Å²) in [7, 11) is 0. The number of para-hydroxylation sites is 1. The molecule has 1 atom stereocenters. The molecule has 0 saturated carbocycles. The maximum atomic E-state index is 4.67. The summed E-state index contributed by atoms with van der Waals surface area (Å²) in [5, 5.41) is 7.79. The summed E-state index contributed by atoms with van der Waals surface area (Å²) in [5.41, 5.74) is 4.50. The van der Waals surface area contributed by atoms with E-state index in [1.54, 1.807) is 6.33 Å². The smallest absolute Gasteiger partial charge is 0.168 e. The van der Waals surface area contributed by atoms with Crippen LogP contribution in [0.5, 0.6) is 0 Å². The second-order valence-electron chi connectivity index (χ2n) is 8.68. The molecule has 1 saturated heterocycles. The van der Waals surface area contributed by atoms with Gasteiger partial charge in [0.05, 0.1) is 23.3 Å². The highest BCUT2D eigenvalue weighted by molar-refractivity contribution is 7.10. The van der Waals surface area contributed by atoms with Gasteiger partial charge in [-0.1, -0.05) is 54.1 Å². The highest BCUT2D eigenvalue weighted by Gasteiger charge is 2.28. The van der Waals surface area contributed by atoms with Crippen molar-refractivity contribution in [1.29, 1.82) is 0 Å². The van der Waals surface area contributed by atoms with Crippen LogP contribution in [0.1, 0.15) is 22.0 Å². The van der Waals surface area contributed by atoms with Gasteiger partial charge in [-0.05, 0) is 36.1 Å². The number of benzene rings is 2. The third-order valence-electron chi connectivity index (χ3n) is 6.53. The van der Waals surface area contributed by atoms with Crippen LogP contribution in [0.2, 0.25) is 0 Å². The summed E-state index contributed by atoms with van der Waals surface area (Å²) in [6, 6.07) is 23.8. The fraction of sp³-hybridized carbons (Fsp3) is 0.222. The predicted molar refractivity (Wildman–Crippen MR) is 138 cm³/mol. The molecular weight excluding hydrogens is 440 g/mol. The van der Waals surface area contributed by atoms with Crippen LogP contribution in [0, 0.1) is 6.92 Å². The number of thiophene rings is 1. The zero-order chi connectivity index (χ0) is 22.9. The van der Waals surface area contributed by atoms with Crippen LogP contribution < -0.4 is 4.90 Å². The van der Waals surface area contributed by atoms with Crippen molar-refractivity contribution in [3.63, 3.8) is 0 Å². The molecule has 1 aliphatic heterocycles. The third-order valence-corrected chi connectivity index (χ3v) is 7.45. The first-order valence-electron chi connectivity index (χ1n) is 11.6. The zero-order valence-electron chi connectivity index (χ0n) is 19.1. The summed E-state index contributed by atoms with van der Waals surface area (Å²) in [4.78, 5) is 15.6. The van der Waals surface area contributed by atoms with Gasteiger partial charge in [0.2, 0.25) is 0 Å². The largest absolute Gasteiger partial charge is 0.353 e. The molecule has 34 heavy (non-hydrogen) atoms. The normalized spacial score (nSPS) is 15.6. The zero-order valence-corrected chi connectivity index (χ0v) is 19.9. The lowest BCUT2D eigenvalue weighted by atomic mass is 10.0. The monoisotopic (exact) mass is 466 g/mol. The van der Waals surface area contributed by atoms with E-state index in [-0.39, 0.29) is 6.04 Å². The van der Waals surface area contributed by atoms with Gasteiger partial charge in [-0.15, -0.1) is 11.3 Å². The van der Waals surface area contributed by atoms with E-state index in [1.165, 1.54) is 16.0 Å². The second kappa shape index (κ2) is 9.00. The topological polar surface area (TPSA) is 50.1 Å². The molecule has 0 bridgehead atoms. The SMILES string of the molecule is Cc1ccc(C(c2cccs2)N2CCN(c3ncnc4c3cnn4-c3ccccc3)CC2)cc1. The molecule has 3 aromatic heterocycles. The van der Waals surface area contributed by atoms with Gasteiger partial charge in [0, 0.05) is 31.1 Å². The summed E-state index contributed by atoms with van der Waals surface area (Å²) >= 11 is 1.84. The lowest BCUT2D eigenvalue weighted by Crippen LogP contribution is -2.48. The van der Waals surface area contributed by atoms with Crippen molar-refractivity contribution in [2.45, 2.75) is 13.0 Å². The van der Waals surface area contributed by atoms with Crippen molar-refractivity contribution in [2.75, 3.05) is 31.1 Å². The van der Waals surface area contributed by atoms with Gasteiger partial charge in [0.15, 0.2) is 5.65 Å². The summed E-state index contributed by atoms with van der Waals surface area (Å²) in [6.45, 7) is 5.90. The van der Waals surface area contributed by atoms with E-state index in [1.807, 2.05) is 52.5 Å². The van der Waals surface area contributed by atoms with E-state index in [0.717, 1.165) is 48.7 Å². The minimum atomic E-state index is 0.286. The first-order valence-corrected chi connectivity index (χ1v) is 12.5. The minimum absolute atomic E-state index is 0.286. The Morgan fingerprint density at radius 3 is 2.38 bits per heavy atom. The molecule has 0 aliphatic carbocycles. The van der Waals surface area contributed by atoms with Crippen molar-refractivity contribution in [2.24, 2.45) is 0 Å². The Bertz CT molecular complexity index is 1370. The number of fused-ring (bicyclic) bond motifs is 1. The maximum absolute atomic E-state index is 4.67. The highest BCUT2D eigenvalue weighted by atomic mass is 32.1. The Morgan fingerprint density at radius 2 is 1.65 bits per heavy atom. The molecular formula is C27H26N6S. The van der Waals surface area contributed by atoms with Crippen LogP contribution in [-0.4, -0.2) is 50.8 Å². The Balaban J connectivity index is 1.26. The first kappa shape index (κ1) is 21.0. The number of rotatable bonds is 5. The first-order chi connectivity index (χ1) is 16.8. The Morgan fingerprint density at radius 1 is 0.853 bits per heavy atom. The second-order valence-corrected chi connectivity index (χ2v) is 9.66. The number of piperazine rings is 1. The molecule has 0 amide bonds. The molecule has 0 radical (unpaired) electrons. The molecule has 4 heterocycles. The Labute approximate surface area is 203 Å². The minimum Gasteiger partial charge on any atom is -0.353 e. The van der Waals surface area contributed by atoms with E-state index in [4.69, 9.17) is 0 Å². The standard InChI is InChI=1S/C27H26N6S/c1-20-9-11-21(12-10-20)25(24-8-5-17-34-24)31-13-15-32(16-14-31)26-23-18-30-33(27(23)29-19-28-26)22-6-3-2-4-7-22/h2-12,17-19,25H,13-16H2,1H3. The van der Waals surface area contributed by atoms with Crippen LogP contribution in [0.15, 0.2) is 84.6 Å². The van der Waals surface area contributed by atoms with E-state index in [0.29, 0.717) is 0 Å². The van der Waals surface area contributed by atoms with Crippen molar-refractivity contribution >= 4 is 28.2 Å². The highest BCUT2D eigenvalue weighted by Crippen LogP contribution is 2.34. The molecule has 1 aliphatic rings. The number of hydrogen-bond donors (Lipinski definition) is 0. The van der Waals surface area contributed by atoms with Gasteiger partial charge in [0.25, 0.3) is 0 Å². The molecule has 170 valence electrons. The van der Waals surface area contributed by atoms with Crippen molar-refractivity contribution < 1.29 is 0 Å².